The van der Waals surface area contributed by atoms with Gasteiger partial charge in [0.15, 0.2) is 0 Å². The molecular weight excluding hydrogens is 252 g/mol. The Morgan fingerprint density at radius 1 is 1.15 bits per heavy atom. The summed E-state index contributed by atoms with van der Waals surface area (Å²) in [4.78, 5) is 8.57. The van der Waals surface area contributed by atoms with Crippen molar-refractivity contribution in [2.45, 2.75) is 13.5 Å². The number of rotatable bonds is 3. The van der Waals surface area contributed by atoms with Crippen LogP contribution < -0.4 is 4.74 Å². The second kappa shape index (κ2) is 5.17. The molecule has 100 valence electrons. The first-order valence-electron chi connectivity index (χ1n) is 6.36. The van der Waals surface area contributed by atoms with E-state index in [2.05, 4.69) is 9.97 Å². The summed E-state index contributed by atoms with van der Waals surface area (Å²) in [5.74, 6) is 0.864. The predicted molar refractivity (Wildman–Crippen MR) is 76.7 cm³/mol. The summed E-state index contributed by atoms with van der Waals surface area (Å²) in [5, 5.41) is 10.7. The Bertz CT molecular complexity index is 742. The number of phenols is 1. The third kappa shape index (κ3) is 2.40. The number of para-hydroxylation sites is 1. The highest BCUT2D eigenvalue weighted by Gasteiger charge is 2.08. The molecule has 0 aliphatic carbocycles. The smallest absolute Gasteiger partial charge is 0.141 e. The number of ether oxygens (including phenoxy) is 1. The van der Waals surface area contributed by atoms with Gasteiger partial charge in [-0.3, -0.25) is 4.98 Å². The molecule has 0 unspecified atom stereocenters. The fourth-order valence-electron chi connectivity index (χ4n) is 2.08. The lowest BCUT2D eigenvalue weighted by Gasteiger charge is -2.10. The van der Waals surface area contributed by atoms with Crippen molar-refractivity contribution in [3.05, 3.63) is 60.0 Å². The second-order valence-corrected chi connectivity index (χ2v) is 4.54. The van der Waals surface area contributed by atoms with Crippen LogP contribution in [0.25, 0.3) is 10.9 Å². The van der Waals surface area contributed by atoms with Crippen molar-refractivity contribution in [3.63, 3.8) is 0 Å². The Hall–Kier alpha value is -2.62. The van der Waals surface area contributed by atoms with Crippen LogP contribution in [0.5, 0.6) is 11.5 Å². The van der Waals surface area contributed by atoms with Crippen molar-refractivity contribution in [3.8, 4) is 11.5 Å². The van der Waals surface area contributed by atoms with Gasteiger partial charge in [-0.05, 0) is 31.2 Å². The average Bonchev–Trinajstić information content (AvgIpc) is 2.47. The lowest BCUT2D eigenvalue weighted by Crippen LogP contribution is -1.99. The van der Waals surface area contributed by atoms with Crippen molar-refractivity contribution >= 4 is 10.9 Å². The SMILES string of the molecule is Cc1cc(OCc2ccccn2)c2cccc(O)c2n1. The van der Waals surface area contributed by atoms with Gasteiger partial charge in [-0.1, -0.05) is 12.1 Å². The van der Waals surface area contributed by atoms with Gasteiger partial charge in [0.05, 0.1) is 5.69 Å². The Labute approximate surface area is 116 Å². The molecule has 20 heavy (non-hydrogen) atoms. The van der Waals surface area contributed by atoms with E-state index in [0.29, 0.717) is 17.9 Å². The Balaban J connectivity index is 1.97. The molecule has 0 spiro atoms. The van der Waals surface area contributed by atoms with Gasteiger partial charge in [-0.15, -0.1) is 0 Å². The van der Waals surface area contributed by atoms with Crippen molar-refractivity contribution in [1.82, 2.24) is 9.97 Å². The molecule has 0 saturated carbocycles. The van der Waals surface area contributed by atoms with Crippen molar-refractivity contribution in [2.75, 3.05) is 0 Å². The minimum Gasteiger partial charge on any atom is -0.506 e. The van der Waals surface area contributed by atoms with Crippen LogP contribution >= 0.6 is 0 Å². The minimum absolute atomic E-state index is 0.161. The summed E-state index contributed by atoms with van der Waals surface area (Å²) < 4.78 is 5.83. The summed E-state index contributed by atoms with van der Waals surface area (Å²) in [6, 6.07) is 12.9. The largest absolute Gasteiger partial charge is 0.506 e. The molecule has 3 rings (SSSR count). The van der Waals surface area contributed by atoms with Gasteiger partial charge in [0, 0.05) is 23.3 Å². The molecule has 0 radical (unpaired) electrons. The van der Waals surface area contributed by atoms with E-state index in [9.17, 15) is 5.11 Å². The van der Waals surface area contributed by atoms with Crippen LogP contribution in [0.2, 0.25) is 0 Å². The molecule has 1 aromatic carbocycles. The zero-order chi connectivity index (χ0) is 13.9. The summed E-state index contributed by atoms with van der Waals surface area (Å²) in [7, 11) is 0. The molecule has 2 aromatic heterocycles. The highest BCUT2D eigenvalue weighted by molar-refractivity contribution is 5.89. The Kier molecular flexibility index (Phi) is 3.21. The maximum absolute atomic E-state index is 9.87. The summed E-state index contributed by atoms with van der Waals surface area (Å²) >= 11 is 0. The topological polar surface area (TPSA) is 55.2 Å². The van der Waals surface area contributed by atoms with Crippen LogP contribution in [0, 0.1) is 6.92 Å². The fraction of sp³-hybridized carbons (Fsp3) is 0.125. The number of hydrogen-bond acceptors (Lipinski definition) is 4. The lowest BCUT2D eigenvalue weighted by molar-refractivity contribution is 0.304. The van der Waals surface area contributed by atoms with E-state index in [1.807, 2.05) is 37.3 Å². The molecule has 0 amide bonds. The number of benzene rings is 1. The van der Waals surface area contributed by atoms with E-state index in [4.69, 9.17) is 4.74 Å². The molecule has 4 nitrogen and oxygen atoms in total. The van der Waals surface area contributed by atoms with Crippen molar-refractivity contribution in [1.29, 1.82) is 0 Å². The highest BCUT2D eigenvalue weighted by Crippen LogP contribution is 2.31. The molecule has 0 aliphatic rings. The molecule has 0 aliphatic heterocycles. The Morgan fingerprint density at radius 2 is 2.05 bits per heavy atom. The number of fused-ring (bicyclic) bond motifs is 1. The minimum atomic E-state index is 0.161. The molecule has 4 heteroatoms. The van der Waals surface area contributed by atoms with Gasteiger partial charge in [0.1, 0.15) is 23.6 Å². The van der Waals surface area contributed by atoms with E-state index in [1.165, 1.54) is 0 Å². The number of pyridine rings is 2. The number of phenolic OH excluding ortho intramolecular Hbond substituents is 1. The zero-order valence-corrected chi connectivity index (χ0v) is 11.1. The maximum Gasteiger partial charge on any atom is 0.141 e. The third-order valence-corrected chi connectivity index (χ3v) is 3.01. The van der Waals surface area contributed by atoms with Crippen molar-refractivity contribution in [2.24, 2.45) is 0 Å². The van der Waals surface area contributed by atoms with E-state index in [1.54, 1.807) is 18.3 Å². The van der Waals surface area contributed by atoms with Gasteiger partial charge in [-0.25, -0.2) is 4.98 Å². The lowest BCUT2D eigenvalue weighted by atomic mass is 10.1. The Morgan fingerprint density at radius 3 is 2.85 bits per heavy atom. The number of aryl methyl sites for hydroxylation is 1. The monoisotopic (exact) mass is 266 g/mol. The van der Waals surface area contributed by atoms with Crippen LogP contribution in [0.4, 0.5) is 0 Å². The molecule has 0 saturated heterocycles. The van der Waals surface area contributed by atoms with Gasteiger partial charge in [-0.2, -0.15) is 0 Å². The van der Waals surface area contributed by atoms with Gasteiger partial charge in [0.2, 0.25) is 0 Å². The molecule has 0 fully saturated rings. The van der Waals surface area contributed by atoms with Crippen LogP contribution in [-0.4, -0.2) is 15.1 Å². The quantitative estimate of drug-likeness (QED) is 0.790. The van der Waals surface area contributed by atoms with E-state index in [0.717, 1.165) is 16.8 Å². The maximum atomic E-state index is 9.87. The number of aromatic hydroxyl groups is 1. The molecular formula is C16H14N2O2. The van der Waals surface area contributed by atoms with Gasteiger partial charge < -0.3 is 9.84 Å². The first kappa shape index (κ1) is 12.4. The third-order valence-electron chi connectivity index (χ3n) is 3.01. The number of hydrogen-bond donors (Lipinski definition) is 1. The van der Waals surface area contributed by atoms with E-state index >= 15 is 0 Å². The van der Waals surface area contributed by atoms with E-state index in [-0.39, 0.29) is 5.75 Å². The van der Waals surface area contributed by atoms with Gasteiger partial charge in [0.25, 0.3) is 0 Å². The second-order valence-electron chi connectivity index (χ2n) is 4.54. The fourth-order valence-corrected chi connectivity index (χ4v) is 2.08. The standard InChI is InChI=1S/C16H14N2O2/c1-11-9-15(20-10-12-5-2-3-8-17-12)13-6-4-7-14(19)16(13)18-11/h2-9,19H,10H2,1H3. The molecule has 1 N–H and O–H groups in total. The van der Waals surface area contributed by atoms with Crippen LogP contribution in [0.1, 0.15) is 11.4 Å². The first-order chi connectivity index (χ1) is 9.74. The number of aromatic nitrogens is 2. The molecule has 0 atom stereocenters. The molecule has 0 bridgehead atoms. The average molecular weight is 266 g/mol. The van der Waals surface area contributed by atoms with E-state index < -0.39 is 0 Å². The van der Waals surface area contributed by atoms with Gasteiger partial charge >= 0.3 is 0 Å². The van der Waals surface area contributed by atoms with Crippen molar-refractivity contribution < 1.29 is 9.84 Å². The predicted octanol–water partition coefficient (Wildman–Crippen LogP) is 3.22. The zero-order valence-electron chi connectivity index (χ0n) is 11.1. The summed E-state index contributed by atoms with van der Waals surface area (Å²) in [6.07, 6.45) is 1.74. The summed E-state index contributed by atoms with van der Waals surface area (Å²) in [5.41, 5.74) is 2.22. The highest BCUT2D eigenvalue weighted by atomic mass is 16.5. The van der Waals surface area contributed by atoms with Crippen LogP contribution in [0.15, 0.2) is 48.7 Å². The molecule has 2 heterocycles. The normalized spacial score (nSPS) is 10.7. The first-order valence-corrected chi connectivity index (χ1v) is 6.36. The molecule has 3 aromatic rings. The van der Waals surface area contributed by atoms with Crippen LogP contribution in [0.3, 0.4) is 0 Å². The van der Waals surface area contributed by atoms with Crippen LogP contribution in [-0.2, 0) is 6.61 Å². The summed E-state index contributed by atoms with van der Waals surface area (Å²) in [6.45, 7) is 2.26. The number of nitrogens with zero attached hydrogens (tertiary/aromatic N) is 2.